The van der Waals surface area contributed by atoms with E-state index in [-0.39, 0.29) is 0 Å². The molecule has 3 heteroatoms. The van der Waals surface area contributed by atoms with Gasteiger partial charge in [0, 0.05) is 6.54 Å². The highest BCUT2D eigenvalue weighted by molar-refractivity contribution is 5.69. The van der Waals surface area contributed by atoms with Crippen molar-refractivity contribution in [3.8, 4) is 0 Å². The largest absolute Gasteiger partial charge is 0.465 e. The van der Waals surface area contributed by atoms with Crippen LogP contribution >= 0.6 is 0 Å². The van der Waals surface area contributed by atoms with Gasteiger partial charge < -0.3 is 5.11 Å². The lowest BCUT2D eigenvalue weighted by atomic mass is 9.74. The van der Waals surface area contributed by atoms with Crippen LogP contribution in [0.5, 0.6) is 0 Å². The minimum Gasteiger partial charge on any atom is -0.465 e. The third-order valence-corrected chi connectivity index (χ3v) is 4.45. The number of rotatable bonds is 3. The van der Waals surface area contributed by atoms with E-state index in [1.165, 1.54) is 5.56 Å². The first kappa shape index (κ1) is 14.4. The van der Waals surface area contributed by atoms with Gasteiger partial charge in [-0.05, 0) is 29.5 Å². The van der Waals surface area contributed by atoms with Crippen molar-refractivity contribution in [1.82, 2.24) is 4.90 Å². The molecule has 0 aliphatic carbocycles. The van der Waals surface area contributed by atoms with Crippen LogP contribution in [-0.2, 0) is 12.0 Å². The molecule has 1 N–H and O–H groups in total. The summed E-state index contributed by atoms with van der Waals surface area (Å²) in [6, 6.07) is 18.0. The fraction of sp³-hybridized carbons (Fsp3) is 0.211. The Morgan fingerprint density at radius 1 is 1.18 bits per heavy atom. The number of fused-ring (bicyclic) bond motifs is 1. The fourth-order valence-electron chi connectivity index (χ4n) is 3.54. The molecule has 1 unspecified atom stereocenters. The number of hydrogen-bond donors (Lipinski definition) is 1. The Kier molecular flexibility index (Phi) is 3.72. The predicted octanol–water partition coefficient (Wildman–Crippen LogP) is 4.04. The summed E-state index contributed by atoms with van der Waals surface area (Å²) in [4.78, 5) is 13.5. The zero-order valence-corrected chi connectivity index (χ0v) is 12.4. The van der Waals surface area contributed by atoms with Crippen LogP contribution in [0, 0.1) is 0 Å². The predicted molar refractivity (Wildman–Crippen MR) is 86.9 cm³/mol. The maximum Gasteiger partial charge on any atom is 0.408 e. The molecule has 3 nitrogen and oxygen atoms in total. The summed E-state index contributed by atoms with van der Waals surface area (Å²) in [5.41, 5.74) is 2.58. The molecular formula is C19H19NO2. The van der Waals surface area contributed by atoms with E-state index in [4.69, 9.17) is 0 Å². The Bertz CT molecular complexity index is 696. The van der Waals surface area contributed by atoms with Gasteiger partial charge in [0.15, 0.2) is 0 Å². The third-order valence-electron chi connectivity index (χ3n) is 4.45. The van der Waals surface area contributed by atoms with Crippen LogP contribution in [0.4, 0.5) is 4.79 Å². The van der Waals surface area contributed by atoms with Crippen molar-refractivity contribution < 1.29 is 9.90 Å². The summed E-state index contributed by atoms with van der Waals surface area (Å²) in [6.07, 6.45) is 2.22. The molecule has 0 spiro atoms. The van der Waals surface area contributed by atoms with Gasteiger partial charge in [-0.3, -0.25) is 4.90 Å². The van der Waals surface area contributed by atoms with Crippen molar-refractivity contribution in [1.29, 1.82) is 0 Å². The van der Waals surface area contributed by atoms with Crippen LogP contribution in [0.3, 0.4) is 0 Å². The molecule has 22 heavy (non-hydrogen) atoms. The van der Waals surface area contributed by atoms with E-state index in [2.05, 4.69) is 12.6 Å². The lowest BCUT2D eigenvalue weighted by Crippen LogP contribution is -2.53. The van der Waals surface area contributed by atoms with Gasteiger partial charge in [-0.1, -0.05) is 60.7 Å². The second kappa shape index (κ2) is 5.68. The Morgan fingerprint density at radius 3 is 2.55 bits per heavy atom. The van der Waals surface area contributed by atoms with Crippen LogP contribution in [0.2, 0.25) is 0 Å². The molecule has 1 amide bonds. The quantitative estimate of drug-likeness (QED) is 0.868. The maximum absolute atomic E-state index is 11.9. The van der Waals surface area contributed by atoms with Crippen molar-refractivity contribution in [2.24, 2.45) is 0 Å². The first-order valence-electron chi connectivity index (χ1n) is 7.45. The molecule has 0 saturated heterocycles. The second-order valence-electron chi connectivity index (χ2n) is 5.56. The fourth-order valence-corrected chi connectivity index (χ4v) is 3.54. The zero-order valence-electron chi connectivity index (χ0n) is 12.4. The van der Waals surface area contributed by atoms with Gasteiger partial charge in [-0.15, -0.1) is 6.58 Å². The normalized spacial score (nSPS) is 20.3. The summed E-state index contributed by atoms with van der Waals surface area (Å²) in [7, 11) is 0. The number of nitrogens with zero attached hydrogens (tertiary/aromatic N) is 1. The Labute approximate surface area is 130 Å². The van der Waals surface area contributed by atoms with Crippen molar-refractivity contribution in [2.75, 3.05) is 6.54 Å². The lowest BCUT2D eigenvalue weighted by molar-refractivity contribution is 0.0875. The summed E-state index contributed by atoms with van der Waals surface area (Å²) in [6.45, 7) is 4.37. The number of amides is 1. The zero-order chi connectivity index (χ0) is 15.6. The van der Waals surface area contributed by atoms with Crippen LogP contribution in [-0.4, -0.2) is 22.6 Å². The Balaban J connectivity index is 2.31. The second-order valence-corrected chi connectivity index (χ2v) is 5.56. The minimum atomic E-state index is -0.889. The first-order valence-corrected chi connectivity index (χ1v) is 7.45. The molecule has 0 aromatic heterocycles. The average Bonchev–Trinajstić information content (AvgIpc) is 2.55. The number of carbonyl (C=O) groups is 1. The van der Waals surface area contributed by atoms with E-state index >= 15 is 0 Å². The van der Waals surface area contributed by atoms with Gasteiger partial charge in [0.1, 0.15) is 5.54 Å². The SMILES string of the molecule is C=CCC1(c2ccccc2)c2ccccc2CCN1C(=O)O. The van der Waals surface area contributed by atoms with Gasteiger partial charge in [0.2, 0.25) is 0 Å². The standard InChI is InChI=1S/C19H19NO2/c1-2-13-19(16-9-4-3-5-10-16)17-11-7-6-8-15(17)12-14-20(19)18(21)22/h2-11H,1,12-14H2,(H,21,22). The van der Waals surface area contributed by atoms with E-state index in [1.54, 1.807) is 4.90 Å². The Morgan fingerprint density at radius 2 is 1.86 bits per heavy atom. The van der Waals surface area contributed by atoms with Crippen molar-refractivity contribution in [2.45, 2.75) is 18.4 Å². The number of hydrogen-bond acceptors (Lipinski definition) is 1. The molecule has 1 aliphatic heterocycles. The number of carboxylic acid groups (broad SMARTS) is 1. The topological polar surface area (TPSA) is 40.5 Å². The first-order chi connectivity index (χ1) is 10.7. The maximum atomic E-state index is 11.9. The molecule has 2 aromatic rings. The van der Waals surface area contributed by atoms with Crippen LogP contribution in [0.1, 0.15) is 23.1 Å². The highest BCUT2D eigenvalue weighted by atomic mass is 16.4. The summed E-state index contributed by atoms with van der Waals surface area (Å²) >= 11 is 0. The van der Waals surface area contributed by atoms with Gasteiger partial charge in [0.05, 0.1) is 0 Å². The molecule has 0 fully saturated rings. The van der Waals surface area contributed by atoms with Crippen LogP contribution in [0.25, 0.3) is 0 Å². The number of benzene rings is 2. The summed E-state index contributed by atoms with van der Waals surface area (Å²) in [5, 5.41) is 9.78. The lowest BCUT2D eigenvalue weighted by Gasteiger charge is -2.47. The van der Waals surface area contributed by atoms with E-state index in [0.29, 0.717) is 13.0 Å². The van der Waals surface area contributed by atoms with Gasteiger partial charge in [-0.25, -0.2) is 4.79 Å². The van der Waals surface area contributed by atoms with Crippen LogP contribution in [0.15, 0.2) is 67.3 Å². The van der Waals surface area contributed by atoms with E-state index in [1.807, 2.05) is 54.6 Å². The van der Waals surface area contributed by atoms with E-state index in [0.717, 1.165) is 17.5 Å². The Hall–Kier alpha value is -2.55. The molecule has 0 bridgehead atoms. The van der Waals surface area contributed by atoms with E-state index < -0.39 is 11.6 Å². The van der Waals surface area contributed by atoms with Crippen molar-refractivity contribution >= 4 is 6.09 Å². The smallest absolute Gasteiger partial charge is 0.408 e. The highest BCUT2D eigenvalue weighted by Crippen LogP contribution is 2.44. The van der Waals surface area contributed by atoms with Crippen molar-refractivity contribution in [3.63, 3.8) is 0 Å². The van der Waals surface area contributed by atoms with Gasteiger partial charge in [-0.2, -0.15) is 0 Å². The molecule has 1 atom stereocenters. The van der Waals surface area contributed by atoms with Gasteiger partial charge >= 0.3 is 6.09 Å². The molecule has 112 valence electrons. The molecule has 1 heterocycles. The average molecular weight is 293 g/mol. The molecule has 2 aromatic carbocycles. The van der Waals surface area contributed by atoms with Gasteiger partial charge in [0.25, 0.3) is 0 Å². The van der Waals surface area contributed by atoms with Crippen LogP contribution < -0.4 is 0 Å². The summed E-state index contributed by atoms with van der Waals surface area (Å²) < 4.78 is 0. The van der Waals surface area contributed by atoms with E-state index in [9.17, 15) is 9.90 Å². The molecule has 0 saturated carbocycles. The molecule has 3 rings (SSSR count). The highest BCUT2D eigenvalue weighted by Gasteiger charge is 2.45. The molecule has 1 aliphatic rings. The molecule has 0 radical (unpaired) electrons. The molecular weight excluding hydrogens is 274 g/mol. The third kappa shape index (κ3) is 2.10. The summed E-state index contributed by atoms with van der Waals surface area (Å²) in [5.74, 6) is 0. The minimum absolute atomic E-state index is 0.495. The monoisotopic (exact) mass is 293 g/mol. The van der Waals surface area contributed by atoms with Crippen molar-refractivity contribution in [3.05, 3.63) is 83.9 Å².